The van der Waals surface area contributed by atoms with Crippen molar-refractivity contribution in [3.63, 3.8) is 0 Å². The topological polar surface area (TPSA) is 78.7 Å². The molecule has 0 saturated heterocycles. The van der Waals surface area contributed by atoms with Crippen LogP contribution in [-0.2, 0) is 4.74 Å². The molecule has 86 valence electrons. The molecule has 0 amide bonds. The van der Waals surface area contributed by atoms with E-state index in [0.29, 0.717) is 0 Å². The molecule has 0 radical (unpaired) electrons. The van der Waals surface area contributed by atoms with Gasteiger partial charge in [-0.2, -0.15) is 0 Å². The Morgan fingerprint density at radius 2 is 2.25 bits per heavy atom. The van der Waals surface area contributed by atoms with Crippen molar-refractivity contribution >= 4 is 23.4 Å². The van der Waals surface area contributed by atoms with E-state index >= 15 is 0 Å². The van der Waals surface area contributed by atoms with Crippen LogP contribution in [0.4, 0.5) is 10.5 Å². The molecule has 6 nitrogen and oxygen atoms in total. The fraction of sp³-hybridized carbons (Fsp3) is 0.222. The van der Waals surface area contributed by atoms with E-state index in [9.17, 15) is 14.9 Å². The minimum absolute atomic E-state index is 0.125. The number of rotatable bonds is 3. The first-order valence-corrected chi connectivity index (χ1v) is 4.71. The molecule has 0 aliphatic heterocycles. The highest BCUT2D eigenvalue weighted by Gasteiger charge is 2.18. The molecule has 7 heteroatoms. The summed E-state index contributed by atoms with van der Waals surface area (Å²) in [6, 6.07) is 3.70. The number of hydrogen-bond acceptors (Lipinski definition) is 5. The lowest BCUT2D eigenvalue weighted by Gasteiger charge is -2.04. The third-order valence-corrected chi connectivity index (χ3v) is 1.81. The summed E-state index contributed by atoms with van der Waals surface area (Å²) < 4.78 is 9.13. The average molecular weight is 246 g/mol. The van der Waals surface area contributed by atoms with Crippen LogP contribution in [0.1, 0.15) is 6.92 Å². The minimum Gasteiger partial charge on any atom is -0.434 e. The number of ether oxygens (including phenoxy) is 2. The molecule has 1 aromatic rings. The highest BCUT2D eigenvalue weighted by molar-refractivity contribution is 6.30. The van der Waals surface area contributed by atoms with Gasteiger partial charge >= 0.3 is 11.8 Å². The lowest BCUT2D eigenvalue weighted by Crippen LogP contribution is -2.11. The van der Waals surface area contributed by atoms with Gasteiger partial charge in [0.25, 0.3) is 0 Å². The van der Waals surface area contributed by atoms with E-state index in [1.165, 1.54) is 12.1 Å². The molecule has 0 saturated carbocycles. The van der Waals surface area contributed by atoms with Crippen molar-refractivity contribution in [1.29, 1.82) is 0 Å². The summed E-state index contributed by atoms with van der Waals surface area (Å²) in [7, 11) is 0. The number of nitro groups is 1. The second-order valence-corrected chi connectivity index (χ2v) is 3.09. The van der Waals surface area contributed by atoms with Crippen molar-refractivity contribution in [2.45, 2.75) is 6.92 Å². The van der Waals surface area contributed by atoms with Crippen LogP contribution in [0.5, 0.6) is 5.75 Å². The molecule has 16 heavy (non-hydrogen) atoms. The van der Waals surface area contributed by atoms with E-state index < -0.39 is 11.1 Å². The number of carbonyl (C=O) groups excluding carboxylic acids is 1. The number of carbonyl (C=O) groups is 1. The summed E-state index contributed by atoms with van der Waals surface area (Å²) in [6.45, 7) is 1.72. The van der Waals surface area contributed by atoms with Gasteiger partial charge in [0.05, 0.1) is 11.5 Å². The van der Waals surface area contributed by atoms with Crippen molar-refractivity contribution < 1.29 is 19.2 Å². The number of hydrogen-bond donors (Lipinski definition) is 0. The zero-order valence-electron chi connectivity index (χ0n) is 8.31. The van der Waals surface area contributed by atoms with E-state index in [1.54, 1.807) is 6.92 Å². The normalized spacial score (nSPS) is 9.62. The molecule has 0 unspecified atom stereocenters. The molecule has 1 aromatic carbocycles. The fourth-order valence-corrected chi connectivity index (χ4v) is 1.12. The van der Waals surface area contributed by atoms with Gasteiger partial charge in [0.2, 0.25) is 5.75 Å². The van der Waals surface area contributed by atoms with Gasteiger partial charge in [-0.3, -0.25) is 10.1 Å². The van der Waals surface area contributed by atoms with Crippen LogP contribution in [0.2, 0.25) is 5.02 Å². The van der Waals surface area contributed by atoms with Gasteiger partial charge in [-0.1, -0.05) is 11.6 Å². The zero-order chi connectivity index (χ0) is 12.1. The van der Waals surface area contributed by atoms with Gasteiger partial charge in [0.1, 0.15) is 0 Å². The first-order valence-electron chi connectivity index (χ1n) is 4.33. The van der Waals surface area contributed by atoms with Crippen LogP contribution >= 0.6 is 11.6 Å². The van der Waals surface area contributed by atoms with Crippen molar-refractivity contribution in [1.82, 2.24) is 0 Å². The molecule has 0 fully saturated rings. The number of nitro benzene ring substituents is 1. The summed E-state index contributed by atoms with van der Waals surface area (Å²) in [4.78, 5) is 20.9. The molecular weight excluding hydrogens is 238 g/mol. The highest BCUT2D eigenvalue weighted by atomic mass is 35.5. The van der Waals surface area contributed by atoms with Crippen LogP contribution in [0.15, 0.2) is 18.2 Å². The molecular formula is C9H8ClNO5. The molecule has 0 aliphatic rings. The van der Waals surface area contributed by atoms with E-state index in [0.717, 1.165) is 6.07 Å². The van der Waals surface area contributed by atoms with Crippen molar-refractivity contribution in [2.75, 3.05) is 6.61 Å². The molecule has 0 aromatic heterocycles. The van der Waals surface area contributed by atoms with Gasteiger partial charge in [-0.25, -0.2) is 4.79 Å². The van der Waals surface area contributed by atoms with Gasteiger partial charge in [0, 0.05) is 11.1 Å². The predicted molar refractivity (Wildman–Crippen MR) is 55.8 cm³/mol. The summed E-state index contributed by atoms with van der Waals surface area (Å²) in [6.07, 6.45) is -0.993. The van der Waals surface area contributed by atoms with E-state index in [2.05, 4.69) is 9.47 Å². The quantitative estimate of drug-likeness (QED) is 0.354. The van der Waals surface area contributed by atoms with E-state index in [-0.39, 0.29) is 23.1 Å². The molecule has 0 N–H and O–H groups in total. The lowest BCUT2D eigenvalue weighted by atomic mass is 10.3. The maximum Gasteiger partial charge on any atom is 0.514 e. The van der Waals surface area contributed by atoms with Crippen LogP contribution in [0, 0.1) is 10.1 Å². The SMILES string of the molecule is CCOC(=O)Oc1ccc(Cl)cc1[N+](=O)[O-]. The Kier molecular flexibility index (Phi) is 4.07. The standard InChI is InChI=1S/C9H8ClNO5/c1-2-15-9(12)16-8-4-3-6(10)5-7(8)11(13)14/h3-5H,2H2,1H3. The van der Waals surface area contributed by atoms with Gasteiger partial charge in [-0.15, -0.1) is 0 Å². The molecule has 0 spiro atoms. The third-order valence-electron chi connectivity index (χ3n) is 1.57. The van der Waals surface area contributed by atoms with E-state index in [1.807, 2.05) is 0 Å². The summed E-state index contributed by atoms with van der Waals surface area (Å²) in [5, 5.41) is 10.8. The summed E-state index contributed by atoms with van der Waals surface area (Å²) in [5.74, 6) is -0.201. The second-order valence-electron chi connectivity index (χ2n) is 2.65. The zero-order valence-corrected chi connectivity index (χ0v) is 9.06. The van der Waals surface area contributed by atoms with Gasteiger partial charge < -0.3 is 9.47 Å². The Morgan fingerprint density at radius 3 is 2.81 bits per heavy atom. The Morgan fingerprint density at radius 1 is 1.56 bits per heavy atom. The van der Waals surface area contributed by atoms with E-state index in [4.69, 9.17) is 11.6 Å². The molecule has 0 atom stereocenters. The Labute approximate surface area is 95.9 Å². The van der Waals surface area contributed by atoms with Crippen molar-refractivity contribution in [2.24, 2.45) is 0 Å². The summed E-state index contributed by atoms with van der Waals surface area (Å²) in [5.41, 5.74) is -0.388. The Hall–Kier alpha value is -1.82. The predicted octanol–water partition coefficient (Wildman–Crippen LogP) is 2.78. The third kappa shape index (κ3) is 3.09. The Bertz CT molecular complexity index is 420. The average Bonchev–Trinajstić information content (AvgIpc) is 2.20. The first kappa shape index (κ1) is 12.3. The number of nitrogens with zero attached hydrogens (tertiary/aromatic N) is 1. The largest absolute Gasteiger partial charge is 0.514 e. The molecule has 0 bridgehead atoms. The second kappa shape index (κ2) is 5.32. The van der Waals surface area contributed by atoms with Gasteiger partial charge in [-0.05, 0) is 19.1 Å². The Balaban J connectivity index is 2.95. The lowest BCUT2D eigenvalue weighted by molar-refractivity contribution is -0.385. The number of benzene rings is 1. The summed E-state index contributed by atoms with van der Waals surface area (Å²) >= 11 is 5.58. The van der Waals surface area contributed by atoms with Crippen molar-refractivity contribution in [3.05, 3.63) is 33.3 Å². The molecule has 0 aliphatic carbocycles. The molecule has 0 heterocycles. The minimum atomic E-state index is -0.993. The van der Waals surface area contributed by atoms with Crippen LogP contribution in [0.3, 0.4) is 0 Å². The first-order chi connectivity index (χ1) is 7.54. The van der Waals surface area contributed by atoms with Crippen LogP contribution in [0.25, 0.3) is 0 Å². The smallest absolute Gasteiger partial charge is 0.434 e. The van der Waals surface area contributed by atoms with Gasteiger partial charge in [0.15, 0.2) is 0 Å². The number of halogens is 1. The monoisotopic (exact) mass is 245 g/mol. The van der Waals surface area contributed by atoms with Crippen LogP contribution in [-0.4, -0.2) is 17.7 Å². The van der Waals surface area contributed by atoms with Crippen LogP contribution < -0.4 is 4.74 Å². The highest BCUT2D eigenvalue weighted by Crippen LogP contribution is 2.30. The fourth-order valence-electron chi connectivity index (χ4n) is 0.957. The molecule has 1 rings (SSSR count). The van der Waals surface area contributed by atoms with Crippen molar-refractivity contribution in [3.8, 4) is 5.75 Å². The maximum absolute atomic E-state index is 11.0. The maximum atomic E-state index is 11.0.